The van der Waals surface area contributed by atoms with Crippen molar-refractivity contribution < 1.29 is 21.6 Å². The fourth-order valence-electron chi connectivity index (χ4n) is 5.40. The van der Waals surface area contributed by atoms with Crippen LogP contribution in [0.1, 0.15) is 37.8 Å². The van der Waals surface area contributed by atoms with E-state index in [0.29, 0.717) is 12.8 Å². The second kappa shape index (κ2) is 8.55. The van der Waals surface area contributed by atoms with E-state index in [-0.39, 0.29) is 41.8 Å². The molecule has 2 aromatic carbocycles. The molecule has 2 heterocycles. The van der Waals surface area contributed by atoms with Gasteiger partial charge in [-0.3, -0.25) is 4.79 Å². The van der Waals surface area contributed by atoms with Gasteiger partial charge in [0.2, 0.25) is 20.0 Å². The van der Waals surface area contributed by atoms with Gasteiger partial charge in [-0.1, -0.05) is 55.7 Å². The molecule has 0 spiro atoms. The molecule has 2 aliphatic rings. The lowest BCUT2D eigenvalue weighted by molar-refractivity contribution is -0.152. The lowest BCUT2D eigenvalue weighted by Crippen LogP contribution is -2.70. The summed E-state index contributed by atoms with van der Waals surface area (Å²) in [7, 11) is -7.67. The van der Waals surface area contributed by atoms with Gasteiger partial charge in [-0.25, -0.2) is 16.8 Å². The number of Topliss-reactive ketones (excluding diaryl/α,β-unsaturated/α-hetero) is 1. The number of piperidine rings is 2. The quantitative estimate of drug-likeness (QED) is 0.602. The third-order valence-corrected chi connectivity index (χ3v) is 10.7. The number of aryl methyl sites for hydroxylation is 2. The zero-order chi connectivity index (χ0) is 24.9. The van der Waals surface area contributed by atoms with E-state index in [0.717, 1.165) is 11.1 Å². The van der Waals surface area contributed by atoms with Crippen molar-refractivity contribution in [2.24, 2.45) is 10.8 Å². The Balaban J connectivity index is 1.74. The van der Waals surface area contributed by atoms with Gasteiger partial charge >= 0.3 is 0 Å². The highest BCUT2D eigenvalue weighted by Crippen LogP contribution is 2.47. The monoisotopic (exact) mass is 504 g/mol. The number of carbonyl (C=O) groups excluding carboxylic acids is 1. The number of fused-ring (bicyclic) bond motifs is 2. The third-order valence-electron chi connectivity index (χ3n) is 7.08. The number of ketones is 1. The maximum Gasteiger partial charge on any atom is 0.243 e. The second-order valence-electron chi connectivity index (χ2n) is 10.1. The molecule has 2 saturated heterocycles. The first-order valence-corrected chi connectivity index (χ1v) is 14.4. The van der Waals surface area contributed by atoms with Crippen molar-refractivity contribution in [1.29, 1.82) is 0 Å². The predicted molar refractivity (Wildman–Crippen MR) is 130 cm³/mol. The van der Waals surface area contributed by atoms with Crippen LogP contribution in [0.15, 0.2) is 58.3 Å². The molecular weight excluding hydrogens is 472 g/mol. The van der Waals surface area contributed by atoms with Gasteiger partial charge in [-0.2, -0.15) is 8.61 Å². The van der Waals surface area contributed by atoms with Gasteiger partial charge in [0.05, 0.1) is 20.6 Å². The Morgan fingerprint density at radius 1 is 0.735 bits per heavy atom. The smallest absolute Gasteiger partial charge is 0.243 e. The maximum atomic E-state index is 13.7. The first-order chi connectivity index (χ1) is 15.8. The Morgan fingerprint density at radius 2 is 1.12 bits per heavy atom. The van der Waals surface area contributed by atoms with Crippen LogP contribution in [-0.4, -0.2) is 57.4 Å². The van der Waals surface area contributed by atoms with E-state index in [2.05, 4.69) is 0 Å². The van der Waals surface area contributed by atoms with Crippen LogP contribution < -0.4 is 0 Å². The largest absolute Gasteiger partial charge is 0.298 e. The summed E-state index contributed by atoms with van der Waals surface area (Å²) in [6.07, 6.45) is 1.06. The van der Waals surface area contributed by atoms with E-state index >= 15 is 0 Å². The van der Waals surface area contributed by atoms with Gasteiger partial charge in [0.15, 0.2) is 0 Å². The third kappa shape index (κ3) is 4.12. The standard InChI is InChI=1S/C25H32N2O5S2/c1-5-14-25-17-26(33(29,30)21-10-6-19(2)7-11-21)15-24(4,23(25)28)16-27(18-25)34(31,32)22-12-8-20(3)9-13-22/h6-13H,5,14-18H2,1-4H3. The Hall–Kier alpha value is -2.07. The minimum atomic E-state index is -3.84. The molecule has 0 aliphatic carbocycles. The number of rotatable bonds is 6. The Morgan fingerprint density at radius 3 is 1.47 bits per heavy atom. The molecule has 4 rings (SSSR count). The molecule has 0 saturated carbocycles. The van der Waals surface area contributed by atoms with Crippen LogP contribution in [0, 0.1) is 24.7 Å². The predicted octanol–water partition coefficient (Wildman–Crippen LogP) is 3.37. The SMILES string of the molecule is CCCC12CN(S(=O)(=O)c3ccc(C)cc3)CC(C)(CN(S(=O)(=O)c3ccc(C)cc3)C1)C2=O. The number of carbonyl (C=O) groups is 1. The first kappa shape index (κ1) is 25.0. The topological polar surface area (TPSA) is 91.8 Å². The minimum absolute atomic E-state index is 0.0224. The van der Waals surface area contributed by atoms with Crippen molar-refractivity contribution in [3.8, 4) is 0 Å². The highest BCUT2D eigenvalue weighted by atomic mass is 32.2. The summed E-state index contributed by atoms with van der Waals surface area (Å²) in [5.74, 6) is -0.0347. The van der Waals surface area contributed by atoms with E-state index in [9.17, 15) is 21.6 Å². The fourth-order valence-corrected chi connectivity index (χ4v) is 8.70. The molecule has 2 bridgehead atoms. The van der Waals surface area contributed by atoms with Crippen LogP contribution in [0.4, 0.5) is 0 Å². The Labute approximate surface area is 202 Å². The van der Waals surface area contributed by atoms with Crippen molar-refractivity contribution in [1.82, 2.24) is 8.61 Å². The van der Waals surface area contributed by atoms with Gasteiger partial charge in [-0.15, -0.1) is 0 Å². The average molecular weight is 505 g/mol. The Kier molecular flexibility index (Phi) is 6.29. The van der Waals surface area contributed by atoms with E-state index in [1.165, 1.54) is 8.61 Å². The number of sulfonamides is 2. The molecule has 0 amide bonds. The van der Waals surface area contributed by atoms with Crippen molar-refractivity contribution in [2.75, 3.05) is 26.2 Å². The summed E-state index contributed by atoms with van der Waals surface area (Å²) >= 11 is 0. The van der Waals surface area contributed by atoms with Crippen molar-refractivity contribution in [2.45, 2.75) is 50.3 Å². The van der Waals surface area contributed by atoms with Gasteiger partial charge in [0, 0.05) is 26.2 Å². The van der Waals surface area contributed by atoms with Crippen LogP contribution in [0.25, 0.3) is 0 Å². The van der Waals surface area contributed by atoms with E-state index in [1.807, 2.05) is 20.8 Å². The average Bonchev–Trinajstić information content (AvgIpc) is 2.76. The lowest BCUT2D eigenvalue weighted by atomic mass is 9.63. The van der Waals surface area contributed by atoms with Gasteiger partial charge in [0.25, 0.3) is 0 Å². The molecule has 34 heavy (non-hydrogen) atoms. The molecule has 2 aromatic rings. The molecule has 9 heteroatoms. The van der Waals surface area contributed by atoms with Crippen molar-refractivity contribution >= 4 is 25.8 Å². The van der Waals surface area contributed by atoms with Crippen molar-refractivity contribution in [3.63, 3.8) is 0 Å². The molecule has 0 N–H and O–H groups in total. The van der Waals surface area contributed by atoms with Crippen LogP contribution in [0.5, 0.6) is 0 Å². The molecule has 2 aliphatic heterocycles. The number of hydrogen-bond donors (Lipinski definition) is 0. The van der Waals surface area contributed by atoms with Gasteiger partial charge < -0.3 is 0 Å². The summed E-state index contributed by atoms with van der Waals surface area (Å²) < 4.78 is 56.9. The van der Waals surface area contributed by atoms with Crippen LogP contribution in [-0.2, 0) is 24.8 Å². The molecule has 0 aromatic heterocycles. The summed E-state index contributed by atoms with van der Waals surface area (Å²) in [5.41, 5.74) is -0.316. The first-order valence-electron chi connectivity index (χ1n) is 11.5. The van der Waals surface area contributed by atoms with E-state index in [4.69, 9.17) is 0 Å². The molecule has 7 nitrogen and oxygen atoms in total. The normalized spacial score (nSPS) is 26.5. The van der Waals surface area contributed by atoms with Crippen LogP contribution in [0.3, 0.4) is 0 Å². The van der Waals surface area contributed by atoms with E-state index in [1.54, 1.807) is 55.5 Å². The fraction of sp³-hybridized carbons (Fsp3) is 0.480. The molecule has 0 unspecified atom stereocenters. The number of hydrogen-bond acceptors (Lipinski definition) is 5. The molecule has 184 valence electrons. The van der Waals surface area contributed by atoms with Crippen molar-refractivity contribution in [3.05, 3.63) is 59.7 Å². The minimum Gasteiger partial charge on any atom is -0.298 e. The highest BCUT2D eigenvalue weighted by Gasteiger charge is 2.61. The number of benzene rings is 2. The maximum absolute atomic E-state index is 13.7. The summed E-state index contributed by atoms with van der Waals surface area (Å²) in [5, 5.41) is 0. The Bertz CT molecular complexity index is 1210. The molecule has 0 atom stereocenters. The highest BCUT2D eigenvalue weighted by molar-refractivity contribution is 7.89. The summed E-state index contributed by atoms with van der Waals surface area (Å²) in [4.78, 5) is 14.1. The zero-order valence-corrected chi connectivity index (χ0v) is 21.7. The zero-order valence-electron chi connectivity index (χ0n) is 20.1. The van der Waals surface area contributed by atoms with Gasteiger partial charge in [-0.05, 0) is 44.5 Å². The van der Waals surface area contributed by atoms with Crippen LogP contribution in [0.2, 0.25) is 0 Å². The summed E-state index contributed by atoms with van der Waals surface area (Å²) in [6, 6.07) is 13.3. The lowest BCUT2D eigenvalue weighted by Gasteiger charge is -2.55. The summed E-state index contributed by atoms with van der Waals surface area (Å²) in [6.45, 7) is 7.27. The molecule has 2 fully saturated rings. The second-order valence-corrected chi connectivity index (χ2v) is 14.0. The van der Waals surface area contributed by atoms with Crippen LogP contribution >= 0.6 is 0 Å². The molecular formula is C25H32N2O5S2. The molecule has 0 radical (unpaired) electrons. The van der Waals surface area contributed by atoms with Gasteiger partial charge in [0.1, 0.15) is 5.78 Å². The number of nitrogens with zero attached hydrogens (tertiary/aromatic N) is 2. The van der Waals surface area contributed by atoms with E-state index < -0.39 is 30.9 Å².